The second-order valence-electron chi connectivity index (χ2n) is 3.77. The summed E-state index contributed by atoms with van der Waals surface area (Å²) in [5, 5.41) is 14.4. The van der Waals surface area contributed by atoms with E-state index in [1.807, 2.05) is 30.3 Å². The maximum atomic E-state index is 12.1. The summed E-state index contributed by atoms with van der Waals surface area (Å²) in [5.41, 5.74) is 2.01. The van der Waals surface area contributed by atoms with Gasteiger partial charge in [0.25, 0.3) is 5.91 Å². The molecule has 0 radical (unpaired) electrons. The third-order valence-corrected chi connectivity index (χ3v) is 2.54. The predicted molar refractivity (Wildman–Crippen MR) is 66.8 cm³/mol. The molecule has 0 aromatic heterocycles. The lowest BCUT2D eigenvalue weighted by molar-refractivity contribution is -0.114. The largest absolute Gasteiger partial charge is 0.396 e. The predicted octanol–water partition coefficient (Wildman–Crippen LogP) is 1.72. The molecule has 0 saturated heterocycles. The SMILES string of the molecule is CC1=NN(c2ccccc2)C(=O)/C1=C\CCO. The highest BCUT2D eigenvalue weighted by molar-refractivity contribution is 6.29. The number of para-hydroxylation sites is 1. The van der Waals surface area contributed by atoms with Crippen molar-refractivity contribution in [2.45, 2.75) is 13.3 Å². The van der Waals surface area contributed by atoms with Crippen LogP contribution in [0.25, 0.3) is 0 Å². The molecule has 88 valence electrons. The van der Waals surface area contributed by atoms with Crippen LogP contribution in [0.15, 0.2) is 47.1 Å². The van der Waals surface area contributed by atoms with Gasteiger partial charge in [-0.15, -0.1) is 0 Å². The van der Waals surface area contributed by atoms with Gasteiger partial charge in [-0.3, -0.25) is 4.79 Å². The summed E-state index contributed by atoms with van der Waals surface area (Å²) in [7, 11) is 0. The molecule has 1 aromatic carbocycles. The second kappa shape index (κ2) is 4.93. The summed E-state index contributed by atoms with van der Waals surface area (Å²) < 4.78 is 0. The normalized spacial score (nSPS) is 17.8. The van der Waals surface area contributed by atoms with Gasteiger partial charge in [0, 0.05) is 6.61 Å². The van der Waals surface area contributed by atoms with Crippen molar-refractivity contribution in [3.8, 4) is 0 Å². The smallest absolute Gasteiger partial charge is 0.280 e. The Hall–Kier alpha value is -1.94. The molecule has 0 fully saturated rings. The Labute approximate surface area is 99.9 Å². The van der Waals surface area contributed by atoms with Crippen molar-refractivity contribution in [1.29, 1.82) is 0 Å². The first-order valence-electron chi connectivity index (χ1n) is 5.50. The van der Waals surface area contributed by atoms with Crippen molar-refractivity contribution >= 4 is 17.3 Å². The van der Waals surface area contributed by atoms with Gasteiger partial charge in [-0.1, -0.05) is 24.3 Å². The Bertz CT molecular complexity index is 477. The first-order valence-corrected chi connectivity index (χ1v) is 5.50. The molecule has 0 unspecified atom stereocenters. The third-order valence-electron chi connectivity index (χ3n) is 2.54. The molecule has 4 nitrogen and oxygen atoms in total. The van der Waals surface area contributed by atoms with Gasteiger partial charge in [-0.25, -0.2) is 0 Å². The molecule has 2 rings (SSSR count). The van der Waals surface area contributed by atoms with Gasteiger partial charge in [0.05, 0.1) is 17.0 Å². The Kier molecular flexibility index (Phi) is 3.35. The molecule has 0 atom stereocenters. The van der Waals surface area contributed by atoms with Crippen molar-refractivity contribution in [2.24, 2.45) is 5.10 Å². The minimum atomic E-state index is -0.137. The van der Waals surface area contributed by atoms with Crippen molar-refractivity contribution in [2.75, 3.05) is 11.6 Å². The minimum absolute atomic E-state index is 0.0371. The average molecular weight is 230 g/mol. The molecule has 1 aliphatic rings. The maximum Gasteiger partial charge on any atom is 0.280 e. The van der Waals surface area contributed by atoms with Gasteiger partial charge in [-0.05, 0) is 25.5 Å². The number of amides is 1. The second-order valence-corrected chi connectivity index (χ2v) is 3.77. The average Bonchev–Trinajstić information content (AvgIpc) is 2.64. The van der Waals surface area contributed by atoms with Gasteiger partial charge in [0.2, 0.25) is 0 Å². The number of aliphatic hydroxyl groups excluding tert-OH is 1. The number of hydrazone groups is 1. The number of aliphatic hydroxyl groups is 1. The fourth-order valence-electron chi connectivity index (χ4n) is 1.71. The Morgan fingerprint density at radius 2 is 2.06 bits per heavy atom. The number of rotatable bonds is 3. The van der Waals surface area contributed by atoms with E-state index in [4.69, 9.17) is 5.11 Å². The lowest BCUT2D eigenvalue weighted by Gasteiger charge is -2.10. The van der Waals surface area contributed by atoms with Gasteiger partial charge < -0.3 is 5.11 Å². The van der Waals surface area contributed by atoms with Crippen LogP contribution in [0.5, 0.6) is 0 Å². The zero-order valence-corrected chi connectivity index (χ0v) is 9.63. The van der Waals surface area contributed by atoms with E-state index < -0.39 is 0 Å². The molecule has 1 heterocycles. The van der Waals surface area contributed by atoms with Crippen LogP contribution in [0.1, 0.15) is 13.3 Å². The minimum Gasteiger partial charge on any atom is -0.396 e. The van der Waals surface area contributed by atoms with Crippen LogP contribution >= 0.6 is 0 Å². The molecule has 17 heavy (non-hydrogen) atoms. The molecule has 0 aliphatic carbocycles. The third kappa shape index (κ3) is 2.26. The Morgan fingerprint density at radius 3 is 2.71 bits per heavy atom. The first kappa shape index (κ1) is 11.5. The lowest BCUT2D eigenvalue weighted by Crippen LogP contribution is -2.21. The lowest BCUT2D eigenvalue weighted by atomic mass is 10.1. The number of hydrogen-bond acceptors (Lipinski definition) is 3. The molecule has 1 N–H and O–H groups in total. The maximum absolute atomic E-state index is 12.1. The van der Waals surface area contributed by atoms with Crippen molar-refractivity contribution in [3.63, 3.8) is 0 Å². The topological polar surface area (TPSA) is 52.9 Å². The van der Waals surface area contributed by atoms with E-state index in [2.05, 4.69) is 5.10 Å². The van der Waals surface area contributed by atoms with E-state index in [9.17, 15) is 4.79 Å². The van der Waals surface area contributed by atoms with E-state index >= 15 is 0 Å². The highest BCUT2D eigenvalue weighted by Crippen LogP contribution is 2.23. The number of carbonyl (C=O) groups excluding carboxylic acids is 1. The van der Waals surface area contributed by atoms with E-state index in [-0.39, 0.29) is 12.5 Å². The van der Waals surface area contributed by atoms with Crippen molar-refractivity contribution in [1.82, 2.24) is 0 Å². The molecule has 1 aromatic rings. The summed E-state index contributed by atoms with van der Waals surface area (Å²) in [6.45, 7) is 1.83. The van der Waals surface area contributed by atoms with E-state index in [0.717, 1.165) is 5.69 Å². The number of benzene rings is 1. The van der Waals surface area contributed by atoms with Crippen LogP contribution in [0, 0.1) is 0 Å². The molecular formula is C13H14N2O2. The van der Waals surface area contributed by atoms with Gasteiger partial charge in [0.15, 0.2) is 0 Å². The van der Waals surface area contributed by atoms with Crippen LogP contribution < -0.4 is 5.01 Å². The van der Waals surface area contributed by atoms with E-state index in [1.165, 1.54) is 5.01 Å². The molecule has 1 amide bonds. The zero-order chi connectivity index (χ0) is 12.3. The van der Waals surface area contributed by atoms with Crippen molar-refractivity contribution in [3.05, 3.63) is 42.0 Å². The Balaban J connectivity index is 2.28. The monoisotopic (exact) mass is 230 g/mol. The van der Waals surface area contributed by atoms with Gasteiger partial charge >= 0.3 is 0 Å². The number of hydrogen-bond donors (Lipinski definition) is 1. The van der Waals surface area contributed by atoms with Crippen LogP contribution in [0.3, 0.4) is 0 Å². The summed E-state index contributed by atoms with van der Waals surface area (Å²) in [6.07, 6.45) is 2.20. The molecule has 0 spiro atoms. The van der Waals surface area contributed by atoms with Gasteiger partial charge in [-0.2, -0.15) is 10.1 Å². The summed E-state index contributed by atoms with van der Waals surface area (Å²) in [6, 6.07) is 9.29. The van der Waals surface area contributed by atoms with Crippen molar-refractivity contribution < 1.29 is 9.90 Å². The Morgan fingerprint density at radius 1 is 1.35 bits per heavy atom. The van der Waals surface area contributed by atoms with Crippen LogP contribution in [-0.2, 0) is 4.79 Å². The molecule has 0 saturated carbocycles. The molecule has 0 bridgehead atoms. The standard InChI is InChI=1S/C13H14N2O2/c1-10-12(8-5-9-16)13(17)15(14-10)11-6-3-2-4-7-11/h2-4,6-8,16H,5,9H2,1H3/b12-8-. The highest BCUT2D eigenvalue weighted by Gasteiger charge is 2.27. The van der Waals surface area contributed by atoms with E-state index in [1.54, 1.807) is 13.0 Å². The van der Waals surface area contributed by atoms with Crippen LogP contribution in [-0.4, -0.2) is 23.3 Å². The zero-order valence-electron chi connectivity index (χ0n) is 9.63. The van der Waals surface area contributed by atoms with Crippen LogP contribution in [0.4, 0.5) is 5.69 Å². The van der Waals surface area contributed by atoms with Gasteiger partial charge in [0.1, 0.15) is 0 Å². The molecular weight excluding hydrogens is 216 g/mol. The number of anilines is 1. The highest BCUT2D eigenvalue weighted by atomic mass is 16.2. The fourth-order valence-corrected chi connectivity index (χ4v) is 1.71. The summed E-state index contributed by atoms with van der Waals surface area (Å²) in [4.78, 5) is 12.1. The fraction of sp³-hybridized carbons (Fsp3) is 0.231. The molecule has 4 heteroatoms. The summed E-state index contributed by atoms with van der Waals surface area (Å²) in [5.74, 6) is -0.137. The molecule has 1 aliphatic heterocycles. The van der Waals surface area contributed by atoms with E-state index in [0.29, 0.717) is 17.7 Å². The number of carbonyl (C=O) groups is 1. The number of nitrogens with zero attached hydrogens (tertiary/aromatic N) is 2. The summed E-state index contributed by atoms with van der Waals surface area (Å²) >= 11 is 0. The first-order chi connectivity index (χ1) is 8.24. The van der Waals surface area contributed by atoms with Crippen LogP contribution in [0.2, 0.25) is 0 Å². The quantitative estimate of drug-likeness (QED) is 0.804.